The number of rotatable bonds is 5. The molecule has 1 saturated heterocycles. The van der Waals surface area contributed by atoms with Crippen LogP contribution in [-0.4, -0.2) is 40.9 Å². The van der Waals surface area contributed by atoms with Crippen molar-refractivity contribution in [1.82, 2.24) is 15.0 Å². The third-order valence-corrected chi connectivity index (χ3v) is 5.74. The molecular weight excluding hydrogens is 346 g/mol. The first-order valence-corrected chi connectivity index (χ1v) is 9.89. The van der Waals surface area contributed by atoms with Crippen molar-refractivity contribution in [2.24, 2.45) is 0 Å². The zero-order valence-corrected chi connectivity index (χ0v) is 16.0. The van der Waals surface area contributed by atoms with Crippen molar-refractivity contribution >= 4 is 22.2 Å². The van der Waals surface area contributed by atoms with Gasteiger partial charge >= 0.3 is 0 Å². The molecule has 0 N–H and O–H groups in total. The summed E-state index contributed by atoms with van der Waals surface area (Å²) in [7, 11) is 0. The highest BCUT2D eigenvalue weighted by molar-refractivity contribution is 7.14. The SMILES string of the molecule is Cc1cnc(-c2cc(CCOC3CCOCC3)c3ncnc(C)c3c2)s1. The van der Waals surface area contributed by atoms with Gasteiger partial charge in [0.25, 0.3) is 0 Å². The third kappa shape index (κ3) is 3.77. The number of hydrogen-bond donors (Lipinski definition) is 0. The molecule has 0 amide bonds. The summed E-state index contributed by atoms with van der Waals surface area (Å²) in [5, 5.41) is 2.14. The summed E-state index contributed by atoms with van der Waals surface area (Å²) in [6.07, 6.45) is 6.69. The molecule has 0 spiro atoms. The zero-order valence-electron chi connectivity index (χ0n) is 15.2. The average molecular weight is 369 g/mol. The van der Waals surface area contributed by atoms with Gasteiger partial charge in [0.1, 0.15) is 11.3 Å². The van der Waals surface area contributed by atoms with E-state index in [9.17, 15) is 0 Å². The number of benzene rings is 1. The van der Waals surface area contributed by atoms with Crippen LogP contribution in [0.5, 0.6) is 0 Å². The lowest BCUT2D eigenvalue weighted by Crippen LogP contribution is -2.24. The van der Waals surface area contributed by atoms with Gasteiger partial charge < -0.3 is 9.47 Å². The Balaban J connectivity index is 1.62. The molecule has 3 aromatic rings. The number of aromatic nitrogens is 3. The fourth-order valence-electron chi connectivity index (χ4n) is 3.35. The molecule has 0 bridgehead atoms. The van der Waals surface area contributed by atoms with Gasteiger partial charge in [0.15, 0.2) is 0 Å². The van der Waals surface area contributed by atoms with E-state index in [0.717, 1.165) is 59.6 Å². The van der Waals surface area contributed by atoms with Gasteiger partial charge in [-0.25, -0.2) is 15.0 Å². The minimum absolute atomic E-state index is 0.316. The number of hydrogen-bond acceptors (Lipinski definition) is 6. The molecule has 0 unspecified atom stereocenters. The first-order valence-electron chi connectivity index (χ1n) is 9.07. The Bertz CT molecular complexity index is 903. The molecule has 3 heterocycles. The fraction of sp³-hybridized carbons (Fsp3) is 0.450. The Morgan fingerprint density at radius 3 is 2.77 bits per heavy atom. The summed E-state index contributed by atoms with van der Waals surface area (Å²) >= 11 is 1.71. The molecule has 0 saturated carbocycles. The van der Waals surface area contributed by atoms with E-state index in [-0.39, 0.29) is 0 Å². The smallest absolute Gasteiger partial charge is 0.123 e. The molecular formula is C20H23N3O2S. The van der Waals surface area contributed by atoms with Crippen LogP contribution in [-0.2, 0) is 15.9 Å². The van der Waals surface area contributed by atoms with E-state index in [4.69, 9.17) is 9.47 Å². The molecule has 1 aromatic carbocycles. The van der Waals surface area contributed by atoms with Gasteiger partial charge in [-0.1, -0.05) is 0 Å². The molecule has 26 heavy (non-hydrogen) atoms. The molecule has 6 heteroatoms. The van der Waals surface area contributed by atoms with Crippen LogP contribution >= 0.6 is 11.3 Å². The Kier molecular flexibility index (Phi) is 5.24. The molecule has 5 nitrogen and oxygen atoms in total. The second-order valence-corrected chi connectivity index (χ2v) is 7.93. The van der Waals surface area contributed by atoms with Crippen LogP contribution in [0.25, 0.3) is 21.5 Å². The first-order chi connectivity index (χ1) is 12.7. The van der Waals surface area contributed by atoms with Crippen molar-refractivity contribution in [2.45, 2.75) is 39.2 Å². The quantitative estimate of drug-likeness (QED) is 0.677. The summed E-state index contributed by atoms with van der Waals surface area (Å²) in [5.74, 6) is 0. The standard InChI is InChI=1S/C20H23N3O2S/c1-13-11-21-20(26-13)16-9-15(3-8-25-17-4-6-24-7-5-17)19-18(10-16)14(2)22-12-23-19/h9-12,17H,3-8H2,1-2H3. The number of nitrogens with zero attached hydrogens (tertiary/aromatic N) is 3. The second-order valence-electron chi connectivity index (χ2n) is 6.70. The number of aryl methyl sites for hydroxylation is 2. The van der Waals surface area contributed by atoms with Crippen LogP contribution < -0.4 is 0 Å². The van der Waals surface area contributed by atoms with Crippen LogP contribution in [0, 0.1) is 13.8 Å². The highest BCUT2D eigenvalue weighted by Crippen LogP contribution is 2.30. The maximum absolute atomic E-state index is 6.08. The van der Waals surface area contributed by atoms with Gasteiger partial charge in [-0.05, 0) is 50.8 Å². The lowest BCUT2D eigenvalue weighted by atomic mass is 10.0. The topological polar surface area (TPSA) is 57.1 Å². The van der Waals surface area contributed by atoms with Gasteiger partial charge in [-0.3, -0.25) is 0 Å². The van der Waals surface area contributed by atoms with E-state index in [1.54, 1.807) is 17.7 Å². The summed E-state index contributed by atoms with van der Waals surface area (Å²) in [4.78, 5) is 14.7. The molecule has 0 radical (unpaired) electrons. The molecule has 1 fully saturated rings. The predicted molar refractivity (Wildman–Crippen MR) is 104 cm³/mol. The summed E-state index contributed by atoms with van der Waals surface area (Å²) < 4.78 is 11.5. The largest absolute Gasteiger partial charge is 0.381 e. The monoisotopic (exact) mass is 369 g/mol. The average Bonchev–Trinajstić information content (AvgIpc) is 3.09. The van der Waals surface area contributed by atoms with E-state index in [2.05, 4.69) is 34.0 Å². The Labute approximate surface area is 157 Å². The van der Waals surface area contributed by atoms with E-state index in [0.29, 0.717) is 12.7 Å². The summed E-state index contributed by atoms with van der Waals surface area (Å²) in [6.45, 7) is 6.42. The molecule has 2 aromatic heterocycles. The maximum atomic E-state index is 6.08. The van der Waals surface area contributed by atoms with Gasteiger partial charge in [0, 0.05) is 40.9 Å². The minimum Gasteiger partial charge on any atom is -0.381 e. The van der Waals surface area contributed by atoms with Gasteiger partial charge in [0.2, 0.25) is 0 Å². The van der Waals surface area contributed by atoms with Crippen LogP contribution in [0.4, 0.5) is 0 Å². The third-order valence-electron chi connectivity index (χ3n) is 4.78. The minimum atomic E-state index is 0.316. The predicted octanol–water partition coefficient (Wildman–Crippen LogP) is 4.11. The molecule has 1 aliphatic heterocycles. The molecule has 1 aliphatic rings. The van der Waals surface area contributed by atoms with E-state index in [1.807, 2.05) is 13.1 Å². The second kappa shape index (κ2) is 7.78. The van der Waals surface area contributed by atoms with Gasteiger partial charge in [-0.15, -0.1) is 11.3 Å². The van der Waals surface area contributed by atoms with Crippen LogP contribution in [0.2, 0.25) is 0 Å². The van der Waals surface area contributed by atoms with Crippen LogP contribution in [0.3, 0.4) is 0 Å². The number of fused-ring (bicyclic) bond motifs is 1. The Morgan fingerprint density at radius 1 is 1.15 bits per heavy atom. The van der Waals surface area contributed by atoms with Crippen molar-refractivity contribution in [3.63, 3.8) is 0 Å². The maximum Gasteiger partial charge on any atom is 0.123 e. The number of ether oxygens (including phenoxy) is 2. The van der Waals surface area contributed by atoms with Crippen LogP contribution in [0.15, 0.2) is 24.7 Å². The van der Waals surface area contributed by atoms with Crippen LogP contribution in [0.1, 0.15) is 29.0 Å². The van der Waals surface area contributed by atoms with Crippen molar-refractivity contribution < 1.29 is 9.47 Å². The van der Waals surface area contributed by atoms with Crippen molar-refractivity contribution in [2.75, 3.05) is 19.8 Å². The first kappa shape index (κ1) is 17.5. The number of thiazole rings is 1. The Morgan fingerprint density at radius 2 is 2.00 bits per heavy atom. The highest BCUT2D eigenvalue weighted by atomic mass is 32.1. The van der Waals surface area contributed by atoms with Crippen molar-refractivity contribution in [1.29, 1.82) is 0 Å². The molecule has 4 rings (SSSR count). The van der Waals surface area contributed by atoms with Crippen molar-refractivity contribution in [3.8, 4) is 10.6 Å². The van der Waals surface area contributed by atoms with E-state index < -0.39 is 0 Å². The summed E-state index contributed by atoms with van der Waals surface area (Å²) in [6, 6.07) is 4.37. The van der Waals surface area contributed by atoms with Gasteiger partial charge in [-0.2, -0.15) is 0 Å². The molecule has 0 atom stereocenters. The summed E-state index contributed by atoms with van der Waals surface area (Å²) in [5.41, 5.74) is 4.35. The molecule has 0 aliphatic carbocycles. The fourth-order valence-corrected chi connectivity index (χ4v) is 4.10. The lowest BCUT2D eigenvalue weighted by molar-refractivity contribution is -0.0306. The van der Waals surface area contributed by atoms with E-state index in [1.165, 1.54) is 10.4 Å². The normalized spacial score (nSPS) is 15.6. The van der Waals surface area contributed by atoms with Gasteiger partial charge in [0.05, 0.1) is 18.2 Å². The molecule has 136 valence electrons. The lowest BCUT2D eigenvalue weighted by Gasteiger charge is -2.22. The Hall–Kier alpha value is -1.89. The zero-order chi connectivity index (χ0) is 17.9. The highest BCUT2D eigenvalue weighted by Gasteiger charge is 2.15. The van der Waals surface area contributed by atoms with E-state index >= 15 is 0 Å². The van der Waals surface area contributed by atoms with Crippen molar-refractivity contribution in [3.05, 3.63) is 40.8 Å².